The first kappa shape index (κ1) is 22.7. The predicted octanol–water partition coefficient (Wildman–Crippen LogP) is 4.34. The molecule has 3 aromatic carbocycles. The molecule has 0 saturated heterocycles. The highest BCUT2D eigenvalue weighted by Gasteiger charge is 2.39. The van der Waals surface area contributed by atoms with Crippen LogP contribution in [-0.4, -0.2) is 28.3 Å². The molecule has 170 valence electrons. The Morgan fingerprint density at radius 2 is 1.50 bits per heavy atom. The van der Waals surface area contributed by atoms with Gasteiger partial charge in [-0.05, 0) is 41.8 Å². The lowest BCUT2D eigenvalue weighted by Crippen LogP contribution is -2.43. The van der Waals surface area contributed by atoms with Gasteiger partial charge in [-0.15, -0.1) is 0 Å². The summed E-state index contributed by atoms with van der Waals surface area (Å²) in [6, 6.07) is 25.5. The fourth-order valence-corrected chi connectivity index (χ4v) is 3.72. The van der Waals surface area contributed by atoms with Crippen LogP contribution in [0.25, 0.3) is 11.3 Å². The number of hydrogen-bond acceptors (Lipinski definition) is 5. The highest BCUT2D eigenvalue weighted by atomic mass is 16.4. The molecule has 0 spiro atoms. The van der Waals surface area contributed by atoms with Crippen molar-refractivity contribution in [2.24, 2.45) is 5.10 Å². The molecule has 0 atom stereocenters. The summed E-state index contributed by atoms with van der Waals surface area (Å²) in [4.78, 5) is 24.5. The van der Waals surface area contributed by atoms with Crippen LogP contribution in [0.15, 0.2) is 101 Å². The van der Waals surface area contributed by atoms with Crippen molar-refractivity contribution in [2.45, 2.75) is 12.5 Å². The van der Waals surface area contributed by atoms with E-state index in [2.05, 4.69) is 10.5 Å². The maximum Gasteiger partial charge on any atom is 0.335 e. The van der Waals surface area contributed by atoms with E-state index >= 15 is 0 Å². The number of carbonyl (C=O) groups excluding carboxylic acids is 1. The standard InChI is InChI=1S/C27H22N2O5/c1-18-22(13-8-14-23(18)25(30)31)24-16-15-21(34-24)17-28-29-26(32)27(33,19-9-4-2-5-10-19)20-11-6-3-7-12-20/h2-17,33H,1H3,(H,29,32)(H,30,31)/b28-17+. The summed E-state index contributed by atoms with van der Waals surface area (Å²) in [5, 5.41) is 24.7. The normalized spacial score (nSPS) is 11.5. The highest BCUT2D eigenvalue weighted by molar-refractivity contribution is 5.92. The number of benzene rings is 3. The highest BCUT2D eigenvalue weighted by Crippen LogP contribution is 2.30. The minimum absolute atomic E-state index is 0.192. The van der Waals surface area contributed by atoms with Crippen molar-refractivity contribution in [3.63, 3.8) is 0 Å². The number of rotatable bonds is 7. The quantitative estimate of drug-likeness (QED) is 0.284. The number of amides is 1. The first-order chi connectivity index (χ1) is 16.4. The minimum atomic E-state index is -1.94. The third-order valence-corrected chi connectivity index (χ3v) is 5.53. The van der Waals surface area contributed by atoms with Gasteiger partial charge in [0.15, 0.2) is 5.60 Å². The molecule has 1 amide bonds. The maximum atomic E-state index is 13.1. The van der Waals surface area contributed by atoms with Gasteiger partial charge in [-0.3, -0.25) is 4.79 Å². The second kappa shape index (κ2) is 9.56. The van der Waals surface area contributed by atoms with Gasteiger partial charge in [-0.2, -0.15) is 5.10 Å². The van der Waals surface area contributed by atoms with E-state index in [1.807, 2.05) is 0 Å². The number of aliphatic hydroxyl groups is 1. The molecule has 3 N–H and O–H groups in total. The van der Waals surface area contributed by atoms with Gasteiger partial charge in [-0.1, -0.05) is 72.8 Å². The predicted molar refractivity (Wildman–Crippen MR) is 127 cm³/mol. The molecule has 0 unspecified atom stereocenters. The molecule has 7 nitrogen and oxygen atoms in total. The van der Waals surface area contributed by atoms with Crippen LogP contribution in [0, 0.1) is 6.92 Å². The van der Waals surface area contributed by atoms with Crippen molar-refractivity contribution in [1.82, 2.24) is 5.43 Å². The Kier molecular flexibility index (Phi) is 6.38. The summed E-state index contributed by atoms with van der Waals surface area (Å²) in [7, 11) is 0. The molecule has 0 aliphatic heterocycles. The largest absolute Gasteiger partial charge is 0.478 e. The van der Waals surface area contributed by atoms with Crippen LogP contribution in [0.1, 0.15) is 32.8 Å². The number of furan rings is 1. The molecular formula is C27H22N2O5. The molecule has 34 heavy (non-hydrogen) atoms. The molecule has 1 heterocycles. The first-order valence-electron chi connectivity index (χ1n) is 10.5. The van der Waals surface area contributed by atoms with Crippen LogP contribution in [0.4, 0.5) is 0 Å². The van der Waals surface area contributed by atoms with Gasteiger partial charge in [0, 0.05) is 5.56 Å². The number of carboxylic acid groups (broad SMARTS) is 1. The van der Waals surface area contributed by atoms with Crippen molar-refractivity contribution in [3.8, 4) is 11.3 Å². The molecule has 0 bridgehead atoms. The lowest BCUT2D eigenvalue weighted by atomic mass is 9.85. The van der Waals surface area contributed by atoms with Gasteiger partial charge in [-0.25, -0.2) is 10.2 Å². The zero-order valence-corrected chi connectivity index (χ0v) is 18.3. The van der Waals surface area contributed by atoms with E-state index in [1.54, 1.807) is 91.9 Å². The summed E-state index contributed by atoms with van der Waals surface area (Å²) >= 11 is 0. The van der Waals surface area contributed by atoms with Crippen molar-refractivity contribution in [3.05, 3.63) is 119 Å². The number of carboxylic acids is 1. The van der Waals surface area contributed by atoms with E-state index in [4.69, 9.17) is 4.42 Å². The van der Waals surface area contributed by atoms with Gasteiger partial charge in [0.2, 0.25) is 0 Å². The Balaban J connectivity index is 1.56. The molecule has 7 heteroatoms. The SMILES string of the molecule is Cc1c(C(=O)O)cccc1-c1ccc(/C=N/NC(=O)C(O)(c2ccccc2)c2ccccc2)o1. The summed E-state index contributed by atoms with van der Waals surface area (Å²) < 4.78 is 5.77. The van der Waals surface area contributed by atoms with Crippen LogP contribution in [0.3, 0.4) is 0 Å². The zero-order chi connectivity index (χ0) is 24.1. The van der Waals surface area contributed by atoms with Crippen LogP contribution >= 0.6 is 0 Å². The Morgan fingerprint density at radius 3 is 2.09 bits per heavy atom. The summed E-state index contributed by atoms with van der Waals surface area (Å²) in [5.41, 5.74) is 2.68. The van der Waals surface area contributed by atoms with E-state index < -0.39 is 17.5 Å². The first-order valence-corrected chi connectivity index (χ1v) is 10.5. The van der Waals surface area contributed by atoms with Gasteiger partial charge in [0.05, 0.1) is 11.8 Å². The molecule has 0 radical (unpaired) electrons. The van der Waals surface area contributed by atoms with Crippen LogP contribution in [0.5, 0.6) is 0 Å². The van der Waals surface area contributed by atoms with Crippen molar-refractivity contribution < 1.29 is 24.2 Å². The number of carbonyl (C=O) groups is 2. The number of aromatic carboxylic acids is 1. The Hall–Kier alpha value is -4.49. The monoisotopic (exact) mass is 454 g/mol. The maximum absolute atomic E-state index is 13.1. The van der Waals surface area contributed by atoms with Gasteiger partial charge in [0.25, 0.3) is 5.91 Å². The van der Waals surface area contributed by atoms with Gasteiger partial charge < -0.3 is 14.6 Å². The lowest BCUT2D eigenvalue weighted by Gasteiger charge is -2.26. The molecule has 1 aromatic heterocycles. The van der Waals surface area contributed by atoms with Crippen LogP contribution < -0.4 is 5.43 Å². The third-order valence-electron chi connectivity index (χ3n) is 5.53. The van der Waals surface area contributed by atoms with Crippen molar-refractivity contribution >= 4 is 18.1 Å². The van der Waals surface area contributed by atoms with Gasteiger partial charge >= 0.3 is 5.97 Å². The molecule has 0 fully saturated rings. The van der Waals surface area contributed by atoms with Gasteiger partial charge in [0.1, 0.15) is 11.5 Å². The molecule has 0 saturated carbocycles. The third kappa shape index (κ3) is 4.37. The van der Waals surface area contributed by atoms with E-state index in [9.17, 15) is 19.8 Å². The number of nitrogens with one attached hydrogen (secondary N) is 1. The summed E-state index contributed by atoms with van der Waals surface area (Å²) in [6.07, 6.45) is 1.31. The fourth-order valence-electron chi connectivity index (χ4n) is 3.72. The smallest absolute Gasteiger partial charge is 0.335 e. The fraction of sp³-hybridized carbons (Fsp3) is 0.0741. The molecule has 4 aromatic rings. The van der Waals surface area contributed by atoms with E-state index in [-0.39, 0.29) is 5.56 Å². The molecular weight excluding hydrogens is 432 g/mol. The van der Waals surface area contributed by atoms with E-state index in [0.717, 1.165) is 0 Å². The number of hydrazone groups is 1. The summed E-state index contributed by atoms with van der Waals surface area (Å²) in [6.45, 7) is 1.71. The van der Waals surface area contributed by atoms with E-state index in [0.29, 0.717) is 33.8 Å². The summed E-state index contributed by atoms with van der Waals surface area (Å²) in [5.74, 6) is -0.922. The van der Waals surface area contributed by atoms with Crippen molar-refractivity contribution in [1.29, 1.82) is 0 Å². The lowest BCUT2D eigenvalue weighted by molar-refractivity contribution is -0.136. The minimum Gasteiger partial charge on any atom is -0.478 e. The Labute approximate surface area is 196 Å². The number of hydrogen-bond donors (Lipinski definition) is 3. The molecule has 0 aliphatic rings. The zero-order valence-electron chi connectivity index (χ0n) is 18.3. The van der Waals surface area contributed by atoms with Crippen LogP contribution in [0.2, 0.25) is 0 Å². The average molecular weight is 454 g/mol. The average Bonchev–Trinajstić information content (AvgIpc) is 3.33. The van der Waals surface area contributed by atoms with Crippen molar-refractivity contribution in [2.75, 3.05) is 0 Å². The Morgan fingerprint density at radius 1 is 0.882 bits per heavy atom. The number of nitrogens with zero attached hydrogens (tertiary/aromatic N) is 1. The topological polar surface area (TPSA) is 112 Å². The second-order valence-electron chi connectivity index (χ2n) is 7.63. The molecule has 4 rings (SSSR count). The Bertz CT molecular complexity index is 1300. The van der Waals surface area contributed by atoms with Crippen LogP contribution in [-0.2, 0) is 10.4 Å². The van der Waals surface area contributed by atoms with E-state index in [1.165, 1.54) is 12.3 Å². The molecule has 0 aliphatic carbocycles. The second-order valence-corrected chi connectivity index (χ2v) is 7.63.